The molecule has 1 atom stereocenters. The molecule has 1 aliphatic heterocycles. The number of hydrogen-bond acceptors (Lipinski definition) is 4. The van der Waals surface area contributed by atoms with Gasteiger partial charge in [0.2, 0.25) is 0 Å². The lowest BCUT2D eigenvalue weighted by atomic mass is 9.99. The van der Waals surface area contributed by atoms with Crippen LogP contribution in [-0.2, 0) is 14.3 Å². The summed E-state index contributed by atoms with van der Waals surface area (Å²) >= 11 is 0. The molecule has 7 heteroatoms. The number of ether oxygens (including phenoxy) is 2. The highest BCUT2D eigenvalue weighted by Crippen LogP contribution is 2.18. The van der Waals surface area contributed by atoms with Gasteiger partial charge in [-0.1, -0.05) is 0 Å². The van der Waals surface area contributed by atoms with Crippen LogP contribution in [-0.4, -0.2) is 80.5 Å². The largest absolute Gasteiger partial charge is 0.481 e. The van der Waals surface area contributed by atoms with Gasteiger partial charge in [-0.2, -0.15) is 0 Å². The van der Waals surface area contributed by atoms with Gasteiger partial charge in [0.25, 0.3) is 0 Å². The average Bonchev–Trinajstić information content (AvgIpc) is 2.47. The van der Waals surface area contributed by atoms with E-state index < -0.39 is 11.9 Å². The predicted molar refractivity (Wildman–Crippen MR) is 72.7 cm³/mol. The zero-order valence-electron chi connectivity index (χ0n) is 12.2. The molecular formula is C13H24N2O5. The molecule has 0 aromatic carbocycles. The number of nitrogens with zero attached hydrogens (tertiary/aromatic N) is 2. The number of amides is 2. The number of likely N-dealkylation sites (tertiary alicyclic amines) is 1. The lowest BCUT2D eigenvalue weighted by Crippen LogP contribution is -2.50. The van der Waals surface area contributed by atoms with Crippen LogP contribution in [0.5, 0.6) is 0 Å². The molecule has 1 saturated heterocycles. The van der Waals surface area contributed by atoms with Crippen molar-refractivity contribution in [3.63, 3.8) is 0 Å². The average molecular weight is 288 g/mol. The molecular weight excluding hydrogens is 264 g/mol. The summed E-state index contributed by atoms with van der Waals surface area (Å²) in [5.41, 5.74) is 0. The summed E-state index contributed by atoms with van der Waals surface area (Å²) < 4.78 is 10.0. The summed E-state index contributed by atoms with van der Waals surface area (Å²) in [4.78, 5) is 26.7. The lowest BCUT2D eigenvalue weighted by molar-refractivity contribution is -0.143. The van der Waals surface area contributed by atoms with Crippen LogP contribution in [0.25, 0.3) is 0 Å². The molecule has 0 unspecified atom stereocenters. The summed E-state index contributed by atoms with van der Waals surface area (Å²) in [5, 5.41) is 9.07. The number of carbonyl (C=O) groups is 2. The quantitative estimate of drug-likeness (QED) is 0.738. The predicted octanol–water partition coefficient (Wildman–Crippen LogP) is 0.498. The Labute approximate surface area is 119 Å². The minimum absolute atomic E-state index is 0.134. The minimum atomic E-state index is -0.831. The zero-order valence-corrected chi connectivity index (χ0v) is 12.2. The van der Waals surface area contributed by atoms with Gasteiger partial charge in [-0.3, -0.25) is 4.79 Å². The van der Waals surface area contributed by atoms with Crippen molar-refractivity contribution in [1.29, 1.82) is 0 Å². The standard InChI is InChI=1S/C13H24N2O5/c1-19-8-6-14(7-9-20-2)13(18)15-5-3-4-11(10-15)12(16)17/h11H,3-10H2,1-2H3,(H,16,17)/t11-/m0/s1. The Balaban J connectivity index is 2.59. The van der Waals surface area contributed by atoms with E-state index in [1.54, 1.807) is 24.0 Å². The van der Waals surface area contributed by atoms with E-state index in [1.165, 1.54) is 0 Å². The molecule has 0 aromatic rings. The van der Waals surface area contributed by atoms with Crippen LogP contribution in [0.4, 0.5) is 4.79 Å². The van der Waals surface area contributed by atoms with Gasteiger partial charge in [0.05, 0.1) is 19.1 Å². The highest BCUT2D eigenvalue weighted by molar-refractivity contribution is 5.76. The maximum atomic E-state index is 12.4. The number of carbonyl (C=O) groups excluding carboxylic acids is 1. The van der Waals surface area contributed by atoms with E-state index in [4.69, 9.17) is 14.6 Å². The van der Waals surface area contributed by atoms with Gasteiger partial charge in [-0.05, 0) is 12.8 Å². The van der Waals surface area contributed by atoms with Crippen molar-refractivity contribution in [2.24, 2.45) is 5.92 Å². The van der Waals surface area contributed by atoms with Crippen molar-refractivity contribution in [1.82, 2.24) is 9.80 Å². The van der Waals surface area contributed by atoms with Crippen LogP contribution in [0.3, 0.4) is 0 Å². The molecule has 0 aromatic heterocycles. The van der Waals surface area contributed by atoms with Crippen molar-refractivity contribution in [2.75, 3.05) is 53.6 Å². The minimum Gasteiger partial charge on any atom is -0.481 e. The van der Waals surface area contributed by atoms with E-state index in [1.807, 2.05) is 0 Å². The number of methoxy groups -OCH3 is 2. The fraction of sp³-hybridized carbons (Fsp3) is 0.846. The molecule has 0 spiro atoms. The maximum Gasteiger partial charge on any atom is 0.320 e. The topological polar surface area (TPSA) is 79.3 Å². The van der Waals surface area contributed by atoms with Crippen LogP contribution in [0, 0.1) is 5.92 Å². The van der Waals surface area contributed by atoms with Crippen LogP contribution in [0.2, 0.25) is 0 Å². The third-order valence-electron chi connectivity index (χ3n) is 3.44. The van der Waals surface area contributed by atoms with E-state index in [0.717, 1.165) is 6.42 Å². The van der Waals surface area contributed by atoms with Crippen molar-refractivity contribution in [3.8, 4) is 0 Å². The van der Waals surface area contributed by atoms with E-state index in [2.05, 4.69) is 0 Å². The number of carboxylic acid groups (broad SMARTS) is 1. The molecule has 1 fully saturated rings. The smallest absolute Gasteiger partial charge is 0.320 e. The summed E-state index contributed by atoms with van der Waals surface area (Å²) in [6.07, 6.45) is 1.36. The second-order valence-corrected chi connectivity index (χ2v) is 4.88. The SMILES string of the molecule is COCCN(CCOC)C(=O)N1CCC[C@H](C(=O)O)C1. The van der Waals surface area contributed by atoms with E-state index in [9.17, 15) is 9.59 Å². The van der Waals surface area contributed by atoms with Crippen LogP contribution >= 0.6 is 0 Å². The van der Waals surface area contributed by atoms with Gasteiger partial charge in [-0.25, -0.2) is 4.79 Å². The number of aliphatic carboxylic acids is 1. The van der Waals surface area contributed by atoms with Gasteiger partial charge in [0.1, 0.15) is 0 Å². The first-order valence-electron chi connectivity index (χ1n) is 6.84. The zero-order chi connectivity index (χ0) is 15.0. The Morgan fingerprint density at radius 1 is 1.25 bits per heavy atom. The van der Waals surface area contributed by atoms with Gasteiger partial charge in [0.15, 0.2) is 0 Å². The molecule has 1 N–H and O–H groups in total. The normalized spacial score (nSPS) is 18.9. The van der Waals surface area contributed by atoms with E-state index in [0.29, 0.717) is 39.3 Å². The molecule has 1 rings (SSSR count). The van der Waals surface area contributed by atoms with Crippen molar-refractivity contribution >= 4 is 12.0 Å². The Morgan fingerprint density at radius 2 is 1.85 bits per heavy atom. The van der Waals surface area contributed by atoms with Crippen LogP contribution in [0.15, 0.2) is 0 Å². The van der Waals surface area contributed by atoms with Crippen molar-refractivity contribution < 1.29 is 24.2 Å². The molecule has 20 heavy (non-hydrogen) atoms. The Morgan fingerprint density at radius 3 is 2.35 bits per heavy atom. The van der Waals surface area contributed by atoms with Gasteiger partial charge < -0.3 is 24.4 Å². The molecule has 1 heterocycles. The highest BCUT2D eigenvalue weighted by Gasteiger charge is 2.30. The fourth-order valence-corrected chi connectivity index (χ4v) is 2.26. The van der Waals surface area contributed by atoms with Crippen LogP contribution in [0.1, 0.15) is 12.8 Å². The van der Waals surface area contributed by atoms with E-state index >= 15 is 0 Å². The molecule has 0 aliphatic carbocycles. The number of urea groups is 1. The Kier molecular flexibility index (Phi) is 7.32. The monoisotopic (exact) mass is 288 g/mol. The first-order valence-corrected chi connectivity index (χ1v) is 6.84. The molecule has 1 aliphatic rings. The molecule has 116 valence electrons. The second kappa shape index (κ2) is 8.76. The van der Waals surface area contributed by atoms with Gasteiger partial charge in [-0.15, -0.1) is 0 Å². The summed E-state index contributed by atoms with van der Waals surface area (Å²) in [6, 6.07) is -0.134. The third kappa shape index (κ3) is 4.97. The Bertz CT molecular complexity index is 316. The first kappa shape index (κ1) is 16.7. The fourth-order valence-electron chi connectivity index (χ4n) is 2.26. The third-order valence-corrected chi connectivity index (χ3v) is 3.44. The molecule has 7 nitrogen and oxygen atoms in total. The van der Waals surface area contributed by atoms with E-state index in [-0.39, 0.29) is 12.6 Å². The summed E-state index contributed by atoms with van der Waals surface area (Å²) in [7, 11) is 3.17. The highest BCUT2D eigenvalue weighted by atomic mass is 16.5. The molecule has 0 radical (unpaired) electrons. The second-order valence-electron chi connectivity index (χ2n) is 4.88. The summed E-state index contributed by atoms with van der Waals surface area (Å²) in [6.45, 7) is 2.75. The lowest BCUT2D eigenvalue weighted by Gasteiger charge is -2.35. The Hall–Kier alpha value is -1.34. The number of carboxylic acids is 1. The summed E-state index contributed by atoms with van der Waals surface area (Å²) in [5.74, 6) is -1.29. The molecule has 2 amide bonds. The molecule has 0 saturated carbocycles. The first-order chi connectivity index (χ1) is 9.60. The number of piperidine rings is 1. The van der Waals surface area contributed by atoms with Gasteiger partial charge >= 0.3 is 12.0 Å². The van der Waals surface area contributed by atoms with Crippen LogP contribution < -0.4 is 0 Å². The number of rotatable bonds is 7. The van der Waals surface area contributed by atoms with Crippen molar-refractivity contribution in [3.05, 3.63) is 0 Å². The van der Waals surface area contributed by atoms with Crippen molar-refractivity contribution in [2.45, 2.75) is 12.8 Å². The maximum absolute atomic E-state index is 12.4. The molecule has 0 bridgehead atoms. The van der Waals surface area contributed by atoms with Gasteiger partial charge in [0, 0.05) is 40.4 Å². The number of hydrogen-bond donors (Lipinski definition) is 1.